The van der Waals surface area contributed by atoms with Crippen molar-refractivity contribution in [3.8, 4) is 5.75 Å². The highest BCUT2D eigenvalue weighted by Crippen LogP contribution is 2.36. The Kier molecular flexibility index (Phi) is 5.86. The number of nitrogens with one attached hydrogen (secondary N) is 1. The number of anilines is 2. The number of ether oxygens (including phenoxy) is 1. The van der Waals surface area contributed by atoms with Crippen LogP contribution in [0.5, 0.6) is 5.75 Å². The largest absolute Gasteiger partial charge is 0.496 e. The molecule has 1 N–H and O–H groups in total. The fraction of sp³-hybridized carbons (Fsp3) is 0.316. The van der Waals surface area contributed by atoms with Crippen molar-refractivity contribution in [1.82, 2.24) is 0 Å². The second-order valence-electron chi connectivity index (χ2n) is 5.99. The molecular formula is C19H20BrClN2O2. The molecule has 1 fully saturated rings. The third-order valence-electron chi connectivity index (χ3n) is 4.32. The summed E-state index contributed by atoms with van der Waals surface area (Å²) in [6, 6.07) is 10.9. The molecule has 0 bridgehead atoms. The zero-order chi connectivity index (χ0) is 17.8. The van der Waals surface area contributed by atoms with Gasteiger partial charge in [-0.3, -0.25) is 4.79 Å². The van der Waals surface area contributed by atoms with E-state index in [1.165, 1.54) is 6.42 Å². The summed E-state index contributed by atoms with van der Waals surface area (Å²) < 4.78 is 5.95. The van der Waals surface area contributed by atoms with Crippen LogP contribution in [0.4, 0.5) is 11.4 Å². The number of benzene rings is 2. The van der Waals surface area contributed by atoms with Crippen molar-refractivity contribution >= 4 is 44.8 Å². The number of hydrogen-bond donors (Lipinski definition) is 1. The van der Waals surface area contributed by atoms with Gasteiger partial charge in [0, 0.05) is 18.7 Å². The van der Waals surface area contributed by atoms with Gasteiger partial charge < -0.3 is 15.0 Å². The maximum absolute atomic E-state index is 12.7. The highest BCUT2D eigenvalue weighted by molar-refractivity contribution is 9.10. The molecule has 0 unspecified atom stereocenters. The van der Waals surface area contributed by atoms with Gasteiger partial charge in [-0.2, -0.15) is 0 Å². The van der Waals surface area contributed by atoms with Crippen molar-refractivity contribution in [2.45, 2.75) is 19.3 Å². The highest BCUT2D eigenvalue weighted by atomic mass is 79.9. The lowest BCUT2D eigenvalue weighted by molar-refractivity contribution is 0.102. The maximum atomic E-state index is 12.7. The molecule has 0 aromatic heterocycles. The van der Waals surface area contributed by atoms with Crippen molar-refractivity contribution in [1.29, 1.82) is 0 Å². The predicted molar refractivity (Wildman–Crippen MR) is 106 cm³/mol. The summed E-state index contributed by atoms with van der Waals surface area (Å²) in [6.07, 6.45) is 3.52. The number of rotatable bonds is 4. The summed E-state index contributed by atoms with van der Waals surface area (Å²) in [6.45, 7) is 1.92. The lowest BCUT2D eigenvalue weighted by Crippen LogP contribution is -2.30. The maximum Gasteiger partial charge on any atom is 0.255 e. The van der Waals surface area contributed by atoms with Crippen molar-refractivity contribution in [2.75, 3.05) is 30.4 Å². The summed E-state index contributed by atoms with van der Waals surface area (Å²) in [5.41, 5.74) is 2.20. The van der Waals surface area contributed by atoms with E-state index in [1.54, 1.807) is 25.3 Å². The number of para-hydroxylation sites is 1. The van der Waals surface area contributed by atoms with Gasteiger partial charge in [-0.25, -0.2) is 0 Å². The standard InChI is InChI=1S/C19H20BrClN2O2/c1-25-17-9-8-13(12-14(17)20)19(24)22-16-7-5-6-15(21)18(16)23-10-3-2-4-11-23/h5-9,12H,2-4,10-11H2,1H3,(H,22,24). The first-order valence-corrected chi connectivity index (χ1v) is 9.45. The molecule has 2 aromatic rings. The SMILES string of the molecule is COc1ccc(C(=O)Nc2cccc(Cl)c2N2CCCCC2)cc1Br. The molecule has 1 saturated heterocycles. The van der Waals surface area contributed by atoms with Gasteiger partial charge in [0.15, 0.2) is 0 Å². The quantitative estimate of drug-likeness (QED) is 0.720. The molecule has 6 heteroatoms. The smallest absolute Gasteiger partial charge is 0.255 e. The molecule has 0 radical (unpaired) electrons. The van der Waals surface area contributed by atoms with E-state index in [0.29, 0.717) is 16.3 Å². The normalized spacial score (nSPS) is 14.3. The number of carbonyl (C=O) groups is 1. The van der Waals surface area contributed by atoms with E-state index in [4.69, 9.17) is 16.3 Å². The Balaban J connectivity index is 1.86. The molecule has 0 saturated carbocycles. The Bertz CT molecular complexity index is 776. The topological polar surface area (TPSA) is 41.6 Å². The van der Waals surface area contributed by atoms with Crippen LogP contribution in [0.3, 0.4) is 0 Å². The molecule has 25 heavy (non-hydrogen) atoms. The Labute approximate surface area is 161 Å². The molecule has 1 amide bonds. The fourth-order valence-electron chi connectivity index (χ4n) is 3.06. The summed E-state index contributed by atoms with van der Waals surface area (Å²) in [5, 5.41) is 3.67. The van der Waals surface area contributed by atoms with Gasteiger partial charge in [0.2, 0.25) is 0 Å². The second kappa shape index (κ2) is 8.11. The zero-order valence-corrected chi connectivity index (χ0v) is 16.4. The van der Waals surface area contributed by atoms with Gasteiger partial charge in [-0.05, 0) is 65.5 Å². The summed E-state index contributed by atoms with van der Waals surface area (Å²) in [5.74, 6) is 0.511. The summed E-state index contributed by atoms with van der Waals surface area (Å²) >= 11 is 9.86. The van der Waals surface area contributed by atoms with Crippen LogP contribution >= 0.6 is 27.5 Å². The molecule has 0 aliphatic carbocycles. The van der Waals surface area contributed by atoms with Gasteiger partial charge in [-0.15, -0.1) is 0 Å². The van der Waals surface area contributed by atoms with Crippen LogP contribution in [-0.2, 0) is 0 Å². The number of amides is 1. The van der Waals surface area contributed by atoms with Crippen LogP contribution in [0.2, 0.25) is 5.02 Å². The molecule has 2 aromatic carbocycles. The van der Waals surface area contributed by atoms with Crippen LogP contribution < -0.4 is 15.0 Å². The number of hydrogen-bond acceptors (Lipinski definition) is 3. The number of carbonyl (C=O) groups excluding carboxylic acids is 1. The van der Waals surface area contributed by atoms with Crippen LogP contribution in [-0.4, -0.2) is 26.1 Å². The molecule has 1 aliphatic heterocycles. The van der Waals surface area contributed by atoms with Crippen LogP contribution in [0, 0.1) is 0 Å². The molecule has 4 nitrogen and oxygen atoms in total. The van der Waals surface area contributed by atoms with Crippen LogP contribution in [0.25, 0.3) is 0 Å². The minimum atomic E-state index is -0.177. The van der Waals surface area contributed by atoms with E-state index in [9.17, 15) is 4.79 Å². The summed E-state index contributed by atoms with van der Waals surface area (Å²) in [4.78, 5) is 14.9. The molecule has 3 rings (SSSR count). The first-order valence-electron chi connectivity index (χ1n) is 8.28. The van der Waals surface area contributed by atoms with Gasteiger partial charge in [0.1, 0.15) is 5.75 Å². The van der Waals surface area contributed by atoms with Gasteiger partial charge in [0.25, 0.3) is 5.91 Å². The lowest BCUT2D eigenvalue weighted by atomic mass is 10.1. The highest BCUT2D eigenvalue weighted by Gasteiger charge is 2.19. The third-order valence-corrected chi connectivity index (χ3v) is 5.25. The average molecular weight is 424 g/mol. The van der Waals surface area contributed by atoms with Crippen molar-refractivity contribution in [2.24, 2.45) is 0 Å². The number of methoxy groups -OCH3 is 1. The number of nitrogens with zero attached hydrogens (tertiary/aromatic N) is 1. The van der Waals surface area contributed by atoms with E-state index < -0.39 is 0 Å². The number of halogens is 2. The zero-order valence-electron chi connectivity index (χ0n) is 14.0. The average Bonchev–Trinajstić information content (AvgIpc) is 2.62. The van der Waals surface area contributed by atoms with Gasteiger partial charge >= 0.3 is 0 Å². The first-order chi connectivity index (χ1) is 12.1. The van der Waals surface area contributed by atoms with Crippen molar-refractivity contribution < 1.29 is 9.53 Å². The molecule has 0 atom stereocenters. The lowest BCUT2D eigenvalue weighted by Gasteiger charge is -2.31. The Hall–Kier alpha value is -1.72. The molecule has 1 aliphatic rings. The van der Waals surface area contributed by atoms with Gasteiger partial charge in [-0.1, -0.05) is 17.7 Å². The molecule has 0 spiro atoms. The molecule has 132 valence electrons. The Morgan fingerprint density at radius 1 is 1.20 bits per heavy atom. The van der Waals surface area contributed by atoms with Crippen molar-refractivity contribution in [3.05, 3.63) is 51.5 Å². The van der Waals surface area contributed by atoms with Crippen molar-refractivity contribution in [3.63, 3.8) is 0 Å². The third kappa shape index (κ3) is 4.10. The minimum Gasteiger partial charge on any atom is -0.496 e. The van der Waals surface area contributed by atoms with E-state index in [-0.39, 0.29) is 5.91 Å². The second-order valence-corrected chi connectivity index (χ2v) is 7.25. The Morgan fingerprint density at radius 2 is 1.96 bits per heavy atom. The van der Waals surface area contributed by atoms with Crippen LogP contribution in [0.1, 0.15) is 29.6 Å². The van der Waals surface area contributed by atoms with E-state index in [1.807, 2.05) is 18.2 Å². The Morgan fingerprint density at radius 3 is 2.64 bits per heavy atom. The van der Waals surface area contributed by atoms with E-state index in [2.05, 4.69) is 26.1 Å². The van der Waals surface area contributed by atoms with E-state index in [0.717, 1.165) is 41.8 Å². The number of piperidine rings is 1. The molecular weight excluding hydrogens is 404 g/mol. The summed E-state index contributed by atoms with van der Waals surface area (Å²) in [7, 11) is 1.59. The molecule has 1 heterocycles. The first kappa shape index (κ1) is 18.1. The van der Waals surface area contributed by atoms with Gasteiger partial charge in [0.05, 0.1) is 28.0 Å². The minimum absolute atomic E-state index is 0.177. The fourth-order valence-corrected chi connectivity index (χ4v) is 3.89. The van der Waals surface area contributed by atoms with Crippen LogP contribution in [0.15, 0.2) is 40.9 Å². The predicted octanol–water partition coefficient (Wildman–Crippen LogP) is 5.35. The van der Waals surface area contributed by atoms with E-state index >= 15 is 0 Å². The monoisotopic (exact) mass is 422 g/mol.